The Bertz CT molecular complexity index is 1720. The number of likely N-dealkylation sites (tertiary alicyclic amines) is 1. The van der Waals surface area contributed by atoms with Crippen molar-refractivity contribution in [2.24, 2.45) is 5.92 Å². The summed E-state index contributed by atoms with van der Waals surface area (Å²) in [6.45, 7) is 9.98. The Balaban J connectivity index is 1.41. The summed E-state index contributed by atoms with van der Waals surface area (Å²) in [5.41, 5.74) is 13.3. The summed E-state index contributed by atoms with van der Waals surface area (Å²) in [6.07, 6.45) is 8.27. The second-order valence-electron chi connectivity index (χ2n) is 11.5. The van der Waals surface area contributed by atoms with E-state index in [-0.39, 0.29) is 30.4 Å². The van der Waals surface area contributed by atoms with Crippen LogP contribution in [0, 0.1) is 11.3 Å². The molecule has 0 radical (unpaired) electrons. The zero-order valence-corrected chi connectivity index (χ0v) is 26.0. The molecule has 0 bridgehead atoms. The number of ketones is 1. The van der Waals surface area contributed by atoms with Gasteiger partial charge in [-0.2, -0.15) is 0 Å². The van der Waals surface area contributed by atoms with Crippen LogP contribution in [0.4, 0.5) is 20.2 Å². The van der Waals surface area contributed by atoms with Crippen molar-refractivity contribution in [1.29, 1.82) is 5.41 Å². The van der Waals surface area contributed by atoms with Crippen molar-refractivity contribution in [1.82, 2.24) is 9.88 Å². The standard InChI is InChI=1S/C35H37F2N5OS/c1-5-21(2)17-24(18-22(3)19-42-16-15-35(36,37)20-42)28-12-10-27(38)34(41-28)33(39)30-11-9-25-26(7-6-8-29(25)40-30)32-14-13-31(44-32)23(4)43/h5-8,10-14,17-18,21,39-40H,1,9,15-16,19-20,38H2,2-4H3/b22-18+,24-17+,39-33?/t21-/m0/s1. The quantitative estimate of drug-likeness (QED) is 0.0932. The number of nitrogens with two attached hydrogens (primary N) is 1. The molecule has 1 atom stereocenters. The van der Waals surface area contributed by atoms with Gasteiger partial charge in [-0.3, -0.25) is 15.1 Å². The number of alkyl halides is 2. The smallest absolute Gasteiger partial charge is 0.261 e. The maximum atomic E-state index is 13.8. The van der Waals surface area contributed by atoms with E-state index in [9.17, 15) is 13.6 Å². The monoisotopic (exact) mass is 613 g/mol. The van der Waals surface area contributed by atoms with Gasteiger partial charge in [0.15, 0.2) is 5.78 Å². The van der Waals surface area contributed by atoms with Crippen molar-refractivity contribution in [3.05, 3.63) is 106 Å². The van der Waals surface area contributed by atoms with Crippen LogP contribution in [0.5, 0.6) is 0 Å². The lowest BCUT2D eigenvalue weighted by atomic mass is 9.96. The minimum atomic E-state index is -2.64. The molecule has 228 valence electrons. The highest BCUT2D eigenvalue weighted by Crippen LogP contribution is 2.37. The number of aromatic nitrogens is 1. The van der Waals surface area contributed by atoms with Crippen LogP contribution in [0.25, 0.3) is 16.0 Å². The Labute approximate surface area is 261 Å². The molecule has 0 unspecified atom stereocenters. The highest BCUT2D eigenvalue weighted by Gasteiger charge is 2.37. The number of anilines is 2. The first-order chi connectivity index (χ1) is 20.9. The molecule has 2 aromatic heterocycles. The topological polar surface area (TPSA) is 95.1 Å². The first-order valence-electron chi connectivity index (χ1n) is 14.6. The second-order valence-corrected chi connectivity index (χ2v) is 12.6. The van der Waals surface area contributed by atoms with E-state index in [4.69, 9.17) is 16.1 Å². The number of nitrogens with zero attached hydrogens (tertiary/aromatic N) is 2. The number of carbonyl (C=O) groups excluding carboxylic acids is 1. The van der Waals surface area contributed by atoms with Crippen LogP contribution in [0.15, 0.2) is 84.6 Å². The van der Waals surface area contributed by atoms with Gasteiger partial charge in [0, 0.05) is 30.1 Å². The van der Waals surface area contributed by atoms with Gasteiger partial charge in [0.2, 0.25) is 0 Å². The van der Waals surface area contributed by atoms with Crippen molar-refractivity contribution >= 4 is 39.8 Å². The molecule has 0 aliphatic carbocycles. The predicted molar refractivity (Wildman–Crippen MR) is 178 cm³/mol. The van der Waals surface area contributed by atoms with Crippen LogP contribution in [-0.4, -0.2) is 46.9 Å². The zero-order chi connectivity index (χ0) is 31.6. The van der Waals surface area contributed by atoms with E-state index in [2.05, 4.69) is 11.9 Å². The Hall–Kier alpha value is -4.21. The summed E-state index contributed by atoms with van der Waals surface area (Å²) in [6, 6.07) is 13.4. The van der Waals surface area contributed by atoms with Gasteiger partial charge >= 0.3 is 0 Å². The average molecular weight is 614 g/mol. The summed E-state index contributed by atoms with van der Waals surface area (Å²) < 4.78 is 27.5. The number of allylic oxidation sites excluding steroid dienone is 6. The van der Waals surface area contributed by atoms with Gasteiger partial charge in [-0.15, -0.1) is 17.9 Å². The Morgan fingerprint density at radius 2 is 2.05 bits per heavy atom. The minimum Gasteiger partial charge on any atom is -0.397 e. The summed E-state index contributed by atoms with van der Waals surface area (Å²) in [5.74, 6) is -2.56. The predicted octanol–water partition coefficient (Wildman–Crippen LogP) is 8.01. The van der Waals surface area contributed by atoms with Crippen LogP contribution in [0.1, 0.15) is 53.8 Å². The van der Waals surface area contributed by atoms with E-state index < -0.39 is 5.92 Å². The van der Waals surface area contributed by atoms with E-state index in [0.717, 1.165) is 37.7 Å². The number of fused-ring (bicyclic) bond motifs is 1. The van der Waals surface area contributed by atoms with E-state index in [1.54, 1.807) is 17.9 Å². The molecule has 5 rings (SSSR count). The molecule has 44 heavy (non-hydrogen) atoms. The molecule has 9 heteroatoms. The number of pyridine rings is 1. The van der Waals surface area contributed by atoms with Crippen molar-refractivity contribution in [2.45, 2.75) is 39.5 Å². The minimum absolute atomic E-state index is 0.0377. The molecule has 0 saturated carbocycles. The highest BCUT2D eigenvalue weighted by atomic mass is 32.1. The Kier molecular flexibility index (Phi) is 9.08. The lowest BCUT2D eigenvalue weighted by molar-refractivity contribution is 0.0131. The van der Waals surface area contributed by atoms with Gasteiger partial charge in [-0.05, 0) is 73.2 Å². The first-order valence-corrected chi connectivity index (χ1v) is 15.4. The Morgan fingerprint density at radius 3 is 2.73 bits per heavy atom. The van der Waals surface area contributed by atoms with Crippen LogP contribution in [0.3, 0.4) is 0 Å². The van der Waals surface area contributed by atoms with Crippen molar-refractivity contribution < 1.29 is 13.6 Å². The highest BCUT2D eigenvalue weighted by molar-refractivity contribution is 7.17. The third-order valence-corrected chi connectivity index (χ3v) is 9.06. The van der Waals surface area contributed by atoms with E-state index in [0.29, 0.717) is 42.3 Å². The SMILES string of the molecule is C=C[C@H](C)/C=C(\C=C(/C)CN1CCC(F)(F)C1)c1ccc(N)c(C(=N)C2=CCc3c(cccc3-c3ccc(C(C)=O)s3)N2)n1. The summed E-state index contributed by atoms with van der Waals surface area (Å²) in [5, 5.41) is 12.5. The molecule has 4 heterocycles. The lowest BCUT2D eigenvalue weighted by Crippen LogP contribution is -2.26. The Morgan fingerprint density at radius 1 is 1.25 bits per heavy atom. The first kappa shape index (κ1) is 31.2. The summed E-state index contributed by atoms with van der Waals surface area (Å²) in [4.78, 5) is 20.2. The van der Waals surface area contributed by atoms with E-state index in [1.165, 1.54) is 11.3 Å². The largest absolute Gasteiger partial charge is 0.397 e. The third-order valence-electron chi connectivity index (χ3n) is 7.84. The molecule has 1 fully saturated rings. The number of halogens is 2. The molecule has 1 aromatic carbocycles. The molecule has 4 N–H and O–H groups in total. The van der Waals surface area contributed by atoms with Crippen molar-refractivity contribution in [2.75, 3.05) is 30.7 Å². The summed E-state index contributed by atoms with van der Waals surface area (Å²) in [7, 11) is 0. The third kappa shape index (κ3) is 6.95. The molecule has 3 aromatic rings. The summed E-state index contributed by atoms with van der Waals surface area (Å²) >= 11 is 1.48. The number of Topliss-reactive ketones (excluding diaryl/α,β-unsaturated/α-hetero) is 1. The molecule has 0 spiro atoms. The fraction of sp³-hybridized carbons (Fsp3) is 0.286. The van der Waals surface area contributed by atoms with Gasteiger partial charge < -0.3 is 11.1 Å². The zero-order valence-electron chi connectivity index (χ0n) is 25.2. The van der Waals surface area contributed by atoms with Crippen molar-refractivity contribution in [3.63, 3.8) is 0 Å². The number of carbonyl (C=O) groups is 1. The number of benzene rings is 1. The number of nitrogens with one attached hydrogen (secondary N) is 2. The number of hydrogen-bond donors (Lipinski definition) is 3. The maximum absolute atomic E-state index is 13.8. The van der Waals surface area contributed by atoms with Gasteiger partial charge in [0.05, 0.1) is 28.5 Å². The van der Waals surface area contributed by atoms with Crippen LogP contribution < -0.4 is 11.1 Å². The van der Waals surface area contributed by atoms with E-state index in [1.807, 2.05) is 74.5 Å². The van der Waals surface area contributed by atoms with Crippen molar-refractivity contribution in [3.8, 4) is 10.4 Å². The molecule has 2 aliphatic heterocycles. The molecule has 6 nitrogen and oxygen atoms in total. The molecule has 2 aliphatic rings. The molecular formula is C35H37F2N5OS. The normalized spacial score (nSPS) is 17.4. The maximum Gasteiger partial charge on any atom is 0.261 e. The average Bonchev–Trinajstić information content (AvgIpc) is 3.62. The fourth-order valence-corrected chi connectivity index (χ4v) is 6.47. The van der Waals surface area contributed by atoms with Gasteiger partial charge in [-0.25, -0.2) is 13.8 Å². The van der Waals surface area contributed by atoms with Gasteiger partial charge in [0.25, 0.3) is 5.92 Å². The lowest BCUT2D eigenvalue weighted by Gasteiger charge is -2.22. The molecule has 1 saturated heterocycles. The van der Waals surface area contributed by atoms with Crippen LogP contribution >= 0.6 is 11.3 Å². The van der Waals surface area contributed by atoms with E-state index >= 15 is 0 Å². The number of rotatable bonds is 10. The number of nitrogen functional groups attached to an aromatic ring is 1. The van der Waals surface area contributed by atoms with Crippen LogP contribution in [0.2, 0.25) is 0 Å². The number of hydrogen-bond acceptors (Lipinski definition) is 7. The van der Waals surface area contributed by atoms with Gasteiger partial charge in [-0.1, -0.05) is 48.9 Å². The molecule has 0 amide bonds. The molecular weight excluding hydrogens is 576 g/mol. The fourth-order valence-electron chi connectivity index (χ4n) is 5.51. The van der Waals surface area contributed by atoms with Gasteiger partial charge in [0.1, 0.15) is 11.4 Å². The second kappa shape index (κ2) is 12.8. The number of thiophene rings is 1. The van der Waals surface area contributed by atoms with Crippen LogP contribution in [-0.2, 0) is 6.42 Å².